The molecule has 31 heavy (non-hydrogen) atoms. The van der Waals surface area contributed by atoms with Gasteiger partial charge in [-0.1, -0.05) is 0 Å². The molecule has 1 amide bonds. The summed E-state index contributed by atoms with van der Waals surface area (Å²) in [6, 6.07) is 10.6. The Morgan fingerprint density at radius 3 is 2.52 bits per heavy atom. The Balaban J connectivity index is 1.50. The normalized spacial score (nSPS) is 17.0. The van der Waals surface area contributed by atoms with Crippen molar-refractivity contribution in [3.05, 3.63) is 65.6 Å². The number of rotatable bonds is 4. The second-order valence-electron chi connectivity index (χ2n) is 7.44. The molecule has 0 saturated carbocycles. The molecule has 9 heteroatoms. The Kier molecular flexibility index (Phi) is 5.43. The maximum absolute atomic E-state index is 13.1. The van der Waals surface area contributed by atoms with Gasteiger partial charge in [0.15, 0.2) is 5.78 Å². The summed E-state index contributed by atoms with van der Waals surface area (Å²) in [7, 11) is 0. The van der Waals surface area contributed by atoms with Crippen LogP contribution in [0.3, 0.4) is 0 Å². The van der Waals surface area contributed by atoms with Crippen LogP contribution in [0, 0.1) is 11.7 Å². The van der Waals surface area contributed by atoms with Crippen LogP contribution in [-0.4, -0.2) is 41.0 Å². The SMILES string of the molecule is O=C(c1ccc(F)cc1)[C@H]1CCCN(C(=O)c2cc3ccc(OC(F)(F)F)cc3[nH]2)C1. The summed E-state index contributed by atoms with van der Waals surface area (Å²) in [5.74, 6) is -1.71. The van der Waals surface area contributed by atoms with E-state index in [4.69, 9.17) is 0 Å². The van der Waals surface area contributed by atoms with Crippen molar-refractivity contribution in [1.29, 1.82) is 0 Å². The number of alkyl halides is 3. The second-order valence-corrected chi connectivity index (χ2v) is 7.44. The van der Waals surface area contributed by atoms with Crippen molar-refractivity contribution in [2.75, 3.05) is 13.1 Å². The van der Waals surface area contributed by atoms with Crippen LogP contribution < -0.4 is 4.74 Å². The number of Topliss-reactive ketones (excluding diaryl/α,β-unsaturated/α-hetero) is 1. The van der Waals surface area contributed by atoms with Crippen LogP contribution in [0.5, 0.6) is 5.75 Å². The summed E-state index contributed by atoms with van der Waals surface area (Å²) in [6.45, 7) is 0.677. The highest BCUT2D eigenvalue weighted by Gasteiger charge is 2.32. The van der Waals surface area contributed by atoms with Crippen molar-refractivity contribution < 1.29 is 31.9 Å². The van der Waals surface area contributed by atoms with Crippen LogP contribution in [0.4, 0.5) is 17.6 Å². The zero-order valence-corrected chi connectivity index (χ0v) is 16.2. The summed E-state index contributed by atoms with van der Waals surface area (Å²) >= 11 is 0. The number of amides is 1. The highest BCUT2D eigenvalue weighted by atomic mass is 19.4. The van der Waals surface area contributed by atoms with Gasteiger partial charge in [-0.15, -0.1) is 13.2 Å². The van der Waals surface area contributed by atoms with Crippen LogP contribution in [-0.2, 0) is 0 Å². The van der Waals surface area contributed by atoms with E-state index in [1.165, 1.54) is 42.5 Å². The number of nitrogens with zero attached hydrogens (tertiary/aromatic N) is 1. The molecule has 1 fully saturated rings. The summed E-state index contributed by atoms with van der Waals surface area (Å²) < 4.78 is 54.3. The van der Waals surface area contributed by atoms with Gasteiger partial charge in [-0.2, -0.15) is 0 Å². The molecule has 1 N–H and O–H groups in total. The number of halogens is 4. The predicted octanol–water partition coefficient (Wildman–Crippen LogP) is 4.94. The van der Waals surface area contributed by atoms with E-state index >= 15 is 0 Å². The van der Waals surface area contributed by atoms with Gasteiger partial charge in [0.2, 0.25) is 0 Å². The number of nitrogens with one attached hydrogen (secondary N) is 1. The molecule has 1 aliphatic rings. The standard InChI is InChI=1S/C22H18F4N2O3/c23-16-6-3-13(4-7-16)20(29)15-2-1-9-28(12-15)21(30)19-10-14-5-8-17(11-18(14)27-19)31-22(24,25)26/h3-8,10-11,15,27H,1-2,9,12H2/t15-/m0/s1. The molecule has 3 aromatic rings. The molecular formula is C22H18F4N2O3. The van der Waals surface area contributed by atoms with E-state index in [9.17, 15) is 27.2 Å². The Morgan fingerprint density at radius 1 is 1.06 bits per heavy atom. The molecule has 1 aliphatic heterocycles. The minimum Gasteiger partial charge on any atom is -0.406 e. The van der Waals surface area contributed by atoms with Gasteiger partial charge in [0.05, 0.1) is 0 Å². The zero-order chi connectivity index (χ0) is 22.2. The molecule has 1 saturated heterocycles. The summed E-state index contributed by atoms with van der Waals surface area (Å²) in [5.41, 5.74) is 0.943. The lowest BCUT2D eigenvalue weighted by molar-refractivity contribution is -0.274. The Hall–Kier alpha value is -3.36. The number of ether oxygens (including phenoxy) is 1. The highest BCUT2D eigenvalue weighted by molar-refractivity contribution is 6.00. The lowest BCUT2D eigenvalue weighted by atomic mass is 9.90. The predicted molar refractivity (Wildman–Crippen MR) is 104 cm³/mol. The first kappa shape index (κ1) is 20.9. The van der Waals surface area contributed by atoms with E-state index < -0.39 is 18.1 Å². The summed E-state index contributed by atoms with van der Waals surface area (Å²) in [4.78, 5) is 30.1. The molecule has 162 valence electrons. The molecule has 0 aliphatic carbocycles. The Morgan fingerprint density at radius 2 is 1.81 bits per heavy atom. The largest absolute Gasteiger partial charge is 0.573 e. The van der Waals surface area contributed by atoms with E-state index in [0.717, 1.165) is 0 Å². The zero-order valence-electron chi connectivity index (χ0n) is 16.2. The lowest BCUT2D eigenvalue weighted by Crippen LogP contribution is -2.42. The molecule has 4 rings (SSSR count). The van der Waals surface area contributed by atoms with Crippen molar-refractivity contribution >= 4 is 22.6 Å². The van der Waals surface area contributed by atoms with Crippen LogP contribution in [0.15, 0.2) is 48.5 Å². The third-order valence-corrected chi connectivity index (χ3v) is 5.27. The molecule has 0 bridgehead atoms. The van der Waals surface area contributed by atoms with Gasteiger partial charge in [0, 0.05) is 41.5 Å². The number of H-pyrrole nitrogens is 1. The van der Waals surface area contributed by atoms with Gasteiger partial charge in [0.25, 0.3) is 5.91 Å². The van der Waals surface area contributed by atoms with Crippen molar-refractivity contribution in [3.63, 3.8) is 0 Å². The molecule has 0 radical (unpaired) electrons. The van der Waals surface area contributed by atoms with Crippen molar-refractivity contribution in [1.82, 2.24) is 9.88 Å². The number of aromatic amines is 1. The average molecular weight is 434 g/mol. The Bertz CT molecular complexity index is 1120. The molecular weight excluding hydrogens is 416 g/mol. The minimum absolute atomic E-state index is 0.150. The maximum atomic E-state index is 13.1. The fraction of sp³-hybridized carbons (Fsp3) is 0.273. The maximum Gasteiger partial charge on any atom is 0.573 e. The van der Waals surface area contributed by atoms with Gasteiger partial charge < -0.3 is 14.6 Å². The third kappa shape index (κ3) is 4.70. The molecule has 2 heterocycles. The Labute approximate surface area is 174 Å². The topological polar surface area (TPSA) is 62.4 Å². The van der Waals surface area contributed by atoms with Gasteiger partial charge in [-0.3, -0.25) is 9.59 Å². The number of ketones is 1. The lowest BCUT2D eigenvalue weighted by Gasteiger charge is -2.31. The van der Waals surface area contributed by atoms with E-state index in [1.54, 1.807) is 11.0 Å². The number of fused-ring (bicyclic) bond motifs is 1. The molecule has 1 aromatic heterocycles. The van der Waals surface area contributed by atoms with Gasteiger partial charge in [-0.05, 0) is 55.3 Å². The molecule has 0 unspecified atom stereocenters. The number of carbonyl (C=O) groups excluding carboxylic acids is 2. The smallest absolute Gasteiger partial charge is 0.406 e. The number of benzene rings is 2. The van der Waals surface area contributed by atoms with Crippen LogP contribution in [0.2, 0.25) is 0 Å². The summed E-state index contributed by atoms with van der Waals surface area (Å²) in [5, 5.41) is 0.564. The first-order valence-corrected chi connectivity index (χ1v) is 9.67. The van der Waals surface area contributed by atoms with Crippen molar-refractivity contribution in [2.24, 2.45) is 5.92 Å². The number of aromatic nitrogens is 1. The summed E-state index contributed by atoms with van der Waals surface area (Å²) in [6.07, 6.45) is -3.56. The van der Waals surface area contributed by atoms with E-state index in [-0.39, 0.29) is 29.7 Å². The molecule has 5 nitrogen and oxygen atoms in total. The van der Waals surface area contributed by atoms with E-state index in [2.05, 4.69) is 9.72 Å². The van der Waals surface area contributed by atoms with Gasteiger partial charge in [0.1, 0.15) is 17.3 Å². The number of likely N-dealkylation sites (tertiary alicyclic amines) is 1. The van der Waals surface area contributed by atoms with Gasteiger partial charge >= 0.3 is 6.36 Å². The third-order valence-electron chi connectivity index (χ3n) is 5.27. The van der Waals surface area contributed by atoms with E-state index in [0.29, 0.717) is 35.9 Å². The fourth-order valence-corrected chi connectivity index (χ4v) is 3.81. The molecule has 1 atom stereocenters. The van der Waals surface area contributed by atoms with Crippen LogP contribution in [0.1, 0.15) is 33.7 Å². The second kappa shape index (κ2) is 8.05. The first-order valence-electron chi connectivity index (χ1n) is 9.67. The number of hydrogen-bond acceptors (Lipinski definition) is 3. The van der Waals surface area contributed by atoms with Crippen LogP contribution in [0.25, 0.3) is 10.9 Å². The number of hydrogen-bond donors (Lipinski definition) is 1. The first-order chi connectivity index (χ1) is 14.7. The average Bonchev–Trinajstić information content (AvgIpc) is 3.15. The molecule has 2 aromatic carbocycles. The van der Waals surface area contributed by atoms with E-state index in [1.807, 2.05) is 0 Å². The molecule has 0 spiro atoms. The van der Waals surface area contributed by atoms with Crippen molar-refractivity contribution in [3.8, 4) is 5.75 Å². The monoisotopic (exact) mass is 434 g/mol. The van der Waals surface area contributed by atoms with Gasteiger partial charge in [-0.25, -0.2) is 4.39 Å². The van der Waals surface area contributed by atoms with Crippen LogP contribution >= 0.6 is 0 Å². The number of carbonyl (C=O) groups is 2. The quantitative estimate of drug-likeness (QED) is 0.467. The highest BCUT2D eigenvalue weighted by Crippen LogP contribution is 2.28. The fourth-order valence-electron chi connectivity index (χ4n) is 3.81. The minimum atomic E-state index is -4.81. The number of piperidine rings is 1. The van der Waals surface area contributed by atoms with Crippen molar-refractivity contribution in [2.45, 2.75) is 19.2 Å².